The van der Waals surface area contributed by atoms with Gasteiger partial charge >= 0.3 is 0 Å². The van der Waals surface area contributed by atoms with Gasteiger partial charge in [0.1, 0.15) is 0 Å². The van der Waals surface area contributed by atoms with Crippen molar-refractivity contribution in [2.45, 2.75) is 136 Å². The molecule has 2 nitrogen and oxygen atoms in total. The summed E-state index contributed by atoms with van der Waals surface area (Å²) in [5, 5.41) is 2.73. The molecule has 4 heteroatoms. The van der Waals surface area contributed by atoms with Crippen molar-refractivity contribution in [2.24, 2.45) is 0 Å². The van der Waals surface area contributed by atoms with Crippen molar-refractivity contribution < 1.29 is 0 Å². The number of benzene rings is 7. The lowest BCUT2D eigenvalue weighted by molar-refractivity contribution is 0.332. The first kappa shape index (κ1) is 42.8. The molecule has 2 aliphatic carbocycles. The van der Waals surface area contributed by atoms with Crippen molar-refractivity contribution in [3.63, 3.8) is 0 Å². The Balaban J connectivity index is 1.25. The number of fused-ring (bicyclic) bond motifs is 9. The molecule has 0 atom stereocenters. The Morgan fingerprint density at radius 2 is 1.01 bits per heavy atom. The van der Waals surface area contributed by atoms with Gasteiger partial charge in [-0.25, -0.2) is 0 Å². The van der Waals surface area contributed by atoms with Gasteiger partial charge < -0.3 is 9.80 Å². The van der Waals surface area contributed by atoms with E-state index >= 15 is 0 Å². The highest BCUT2D eigenvalue weighted by Crippen LogP contribution is 2.55. The van der Waals surface area contributed by atoms with Crippen LogP contribution in [0, 0.1) is 13.8 Å². The van der Waals surface area contributed by atoms with Gasteiger partial charge in [-0.05, 0) is 181 Å². The summed E-state index contributed by atoms with van der Waals surface area (Å²) in [6, 6.07) is 48.2. The van der Waals surface area contributed by atoms with E-state index in [1.807, 2.05) is 11.3 Å². The Bertz CT molecular complexity index is 3410. The summed E-state index contributed by atoms with van der Waals surface area (Å²) in [4.78, 5) is 5.38. The van der Waals surface area contributed by atoms with Crippen LogP contribution in [0.3, 0.4) is 0 Å². The molecule has 8 aromatic rings. The zero-order chi connectivity index (χ0) is 46.9. The largest absolute Gasteiger partial charge is 0.311 e. The Morgan fingerprint density at radius 1 is 0.463 bits per heavy atom. The smallest absolute Gasteiger partial charge is 0.252 e. The third-order valence-corrected chi connectivity index (χ3v) is 18.0. The van der Waals surface area contributed by atoms with Crippen LogP contribution in [-0.2, 0) is 27.1 Å². The maximum atomic E-state index is 2.74. The Hall–Kier alpha value is -5.58. The first-order chi connectivity index (χ1) is 31.6. The normalized spacial score (nSPS) is 18.1. The maximum Gasteiger partial charge on any atom is 0.252 e. The van der Waals surface area contributed by atoms with Gasteiger partial charge in [-0.3, -0.25) is 0 Å². The van der Waals surface area contributed by atoms with Crippen LogP contribution in [0.25, 0.3) is 31.3 Å². The fourth-order valence-electron chi connectivity index (χ4n) is 13.3. The highest BCUT2D eigenvalue weighted by molar-refractivity contribution is 7.26. The van der Waals surface area contributed by atoms with E-state index in [9.17, 15) is 0 Å². The molecule has 336 valence electrons. The van der Waals surface area contributed by atoms with E-state index in [0.717, 1.165) is 6.42 Å². The fourth-order valence-corrected chi connectivity index (χ4v) is 14.4. The molecule has 0 saturated heterocycles. The molecule has 1 aromatic heterocycles. The molecule has 67 heavy (non-hydrogen) atoms. The molecule has 0 bridgehead atoms. The van der Waals surface area contributed by atoms with Crippen molar-refractivity contribution in [1.82, 2.24) is 0 Å². The summed E-state index contributed by atoms with van der Waals surface area (Å²) in [6.07, 6.45) is 3.49. The van der Waals surface area contributed by atoms with Crippen molar-refractivity contribution in [3.05, 3.63) is 160 Å². The predicted molar refractivity (Wildman–Crippen MR) is 293 cm³/mol. The van der Waals surface area contributed by atoms with Gasteiger partial charge in [-0.2, -0.15) is 0 Å². The number of nitrogens with zero attached hydrogens (tertiary/aromatic N) is 2. The first-order valence-corrected chi connectivity index (χ1v) is 25.7. The maximum absolute atomic E-state index is 2.74. The van der Waals surface area contributed by atoms with Gasteiger partial charge in [0.2, 0.25) is 0 Å². The summed E-state index contributed by atoms with van der Waals surface area (Å²) >= 11 is 1.94. The molecule has 0 unspecified atom stereocenters. The number of hydrogen-bond acceptors (Lipinski definition) is 3. The van der Waals surface area contributed by atoms with Gasteiger partial charge in [0, 0.05) is 48.9 Å². The number of aryl methyl sites for hydroxylation is 2. The number of rotatable bonds is 3. The summed E-state index contributed by atoms with van der Waals surface area (Å²) in [5.74, 6) is 0. The zero-order valence-corrected chi connectivity index (χ0v) is 42.9. The van der Waals surface area contributed by atoms with E-state index in [2.05, 4.69) is 221 Å². The molecule has 0 radical (unpaired) electrons. The molecule has 0 saturated carbocycles. The van der Waals surface area contributed by atoms with Gasteiger partial charge in [-0.1, -0.05) is 149 Å². The van der Waals surface area contributed by atoms with Crippen molar-refractivity contribution in [3.8, 4) is 11.1 Å². The van der Waals surface area contributed by atoms with Gasteiger partial charge in [-0.15, -0.1) is 11.3 Å². The lowest BCUT2D eigenvalue weighted by atomic mass is 9.33. The van der Waals surface area contributed by atoms with Gasteiger partial charge in [0.15, 0.2) is 0 Å². The molecular weight excluding hydrogens is 828 g/mol. The van der Waals surface area contributed by atoms with E-state index in [4.69, 9.17) is 0 Å². The van der Waals surface area contributed by atoms with Crippen LogP contribution in [0.15, 0.2) is 121 Å². The van der Waals surface area contributed by atoms with E-state index in [-0.39, 0.29) is 33.8 Å². The Labute approximate surface area is 404 Å². The highest BCUT2D eigenvalue weighted by Gasteiger charge is 2.49. The Morgan fingerprint density at radius 3 is 1.69 bits per heavy atom. The van der Waals surface area contributed by atoms with Crippen molar-refractivity contribution >= 4 is 88.7 Å². The van der Waals surface area contributed by atoms with Crippen LogP contribution < -0.4 is 26.2 Å². The minimum Gasteiger partial charge on any atom is -0.311 e. The number of hydrogen-bond donors (Lipinski definition) is 0. The van der Waals surface area contributed by atoms with Crippen LogP contribution in [-0.4, -0.2) is 6.71 Å². The molecule has 0 spiro atoms. The molecule has 0 fully saturated rings. The molecular formula is C63H65BN2S. The first-order valence-electron chi connectivity index (χ1n) is 24.9. The van der Waals surface area contributed by atoms with Gasteiger partial charge in [0.25, 0.3) is 6.71 Å². The second-order valence-corrected chi connectivity index (χ2v) is 25.6. The number of para-hydroxylation sites is 1. The van der Waals surface area contributed by atoms with Crippen molar-refractivity contribution in [2.75, 3.05) is 9.80 Å². The lowest BCUT2D eigenvalue weighted by Gasteiger charge is -2.47. The standard InChI is InChI=1S/C63H65BN2S/c1-37-19-17-18-22-50(37)65-53-35-57-43(42-30-41(59(3,4)5)23-24-56(42)67-57)31-48(53)64-49-32-45-47(63(12,13)36-62(45,10)11)34-52(49)66(55-29-40(28-54(65)58(55)64)39-20-15-14-16-21-39)51-33-46-44(27-38(51)2)60(6,7)25-26-61(46,8)9/h14-24,27-35H,25-26,36H2,1-13H3. The second kappa shape index (κ2) is 14.0. The van der Waals surface area contributed by atoms with E-state index < -0.39 is 0 Å². The molecule has 0 amide bonds. The topological polar surface area (TPSA) is 6.48 Å². The molecule has 4 aliphatic rings. The Kier molecular flexibility index (Phi) is 8.94. The molecule has 2 aliphatic heterocycles. The third kappa shape index (κ3) is 6.27. The van der Waals surface area contributed by atoms with Crippen LogP contribution in [0.1, 0.15) is 134 Å². The predicted octanol–water partition coefficient (Wildman–Crippen LogP) is 16.0. The quantitative estimate of drug-likeness (QED) is 0.163. The number of anilines is 6. The van der Waals surface area contributed by atoms with Crippen molar-refractivity contribution in [1.29, 1.82) is 0 Å². The summed E-state index contributed by atoms with van der Waals surface area (Å²) < 4.78 is 2.69. The molecule has 7 aromatic carbocycles. The monoisotopic (exact) mass is 892 g/mol. The summed E-state index contributed by atoms with van der Waals surface area (Å²) in [6.45, 7) is 31.5. The van der Waals surface area contributed by atoms with Crippen LogP contribution in [0.5, 0.6) is 0 Å². The van der Waals surface area contributed by atoms with E-state index in [1.165, 1.54) is 134 Å². The van der Waals surface area contributed by atoms with E-state index in [1.54, 1.807) is 0 Å². The molecule has 12 rings (SSSR count). The molecule has 0 N–H and O–H groups in total. The molecule has 3 heterocycles. The van der Waals surface area contributed by atoms with Gasteiger partial charge in [0.05, 0.1) is 0 Å². The average Bonchev–Trinajstić information content (AvgIpc) is 3.72. The van der Waals surface area contributed by atoms with Crippen LogP contribution in [0.4, 0.5) is 34.1 Å². The lowest BCUT2D eigenvalue weighted by Crippen LogP contribution is -2.61. The average molecular weight is 893 g/mol. The minimum absolute atomic E-state index is 0.0135. The van der Waals surface area contributed by atoms with Crippen LogP contribution >= 0.6 is 11.3 Å². The summed E-state index contributed by atoms with van der Waals surface area (Å²) in [7, 11) is 0. The minimum atomic E-state index is 0.0135. The highest BCUT2D eigenvalue weighted by atomic mass is 32.1. The fraction of sp³-hybridized carbons (Fsp3) is 0.333. The number of thiophene rings is 1. The van der Waals surface area contributed by atoms with E-state index in [0.29, 0.717) is 0 Å². The van der Waals surface area contributed by atoms with Crippen LogP contribution in [0.2, 0.25) is 0 Å². The SMILES string of the molecule is Cc1ccccc1N1c2cc3sc4ccc(C(C)(C)C)cc4c3cc2B2c3cc4c(cc3N(c3cc5c(cc3C)C(C)(C)CCC5(C)C)c3cc(-c5ccccc5)cc1c32)C(C)(C)CC4(C)C. The summed E-state index contributed by atoms with van der Waals surface area (Å²) in [5.41, 5.74) is 24.7. The third-order valence-electron chi connectivity index (χ3n) is 16.9. The zero-order valence-electron chi connectivity index (χ0n) is 42.0. The second-order valence-electron chi connectivity index (χ2n) is 24.5.